The molecular formula is C14H21ClN2O. The molecule has 100 valence electrons. The molecule has 0 radical (unpaired) electrons. The molecule has 2 rings (SSSR count). The molecule has 18 heavy (non-hydrogen) atoms. The molecule has 0 aliphatic carbocycles. The summed E-state index contributed by atoms with van der Waals surface area (Å²) in [5, 5.41) is 4.16. The maximum Gasteiger partial charge on any atom is 0.0722 e. The van der Waals surface area contributed by atoms with Gasteiger partial charge in [0.05, 0.1) is 12.7 Å². The lowest BCUT2D eigenvalue weighted by Crippen LogP contribution is -2.41. The van der Waals surface area contributed by atoms with Crippen LogP contribution in [0.4, 0.5) is 5.69 Å². The van der Waals surface area contributed by atoms with E-state index in [4.69, 9.17) is 16.3 Å². The molecular weight excluding hydrogens is 248 g/mol. The molecule has 0 bridgehead atoms. The van der Waals surface area contributed by atoms with Crippen molar-refractivity contribution >= 4 is 17.3 Å². The molecule has 0 aromatic heterocycles. The van der Waals surface area contributed by atoms with E-state index < -0.39 is 0 Å². The Hall–Kier alpha value is -0.770. The minimum atomic E-state index is 0.293. The topological polar surface area (TPSA) is 24.5 Å². The highest BCUT2D eigenvalue weighted by molar-refractivity contribution is 6.30. The lowest BCUT2D eigenvalue weighted by Gasteiger charge is -2.34. The van der Waals surface area contributed by atoms with Gasteiger partial charge < -0.3 is 15.0 Å². The fourth-order valence-corrected chi connectivity index (χ4v) is 2.50. The van der Waals surface area contributed by atoms with Crippen molar-refractivity contribution in [1.29, 1.82) is 0 Å². The highest BCUT2D eigenvalue weighted by atomic mass is 35.5. The number of halogens is 1. The van der Waals surface area contributed by atoms with Gasteiger partial charge in [-0.05, 0) is 37.2 Å². The van der Waals surface area contributed by atoms with Crippen molar-refractivity contribution in [2.75, 3.05) is 31.1 Å². The first kappa shape index (κ1) is 13.7. The lowest BCUT2D eigenvalue weighted by molar-refractivity contribution is 0.0531. The summed E-state index contributed by atoms with van der Waals surface area (Å²) in [5.74, 6) is 0. The second-order valence-electron chi connectivity index (χ2n) is 4.68. The number of hydrogen-bond acceptors (Lipinski definition) is 3. The molecule has 1 fully saturated rings. The Balaban J connectivity index is 2.19. The van der Waals surface area contributed by atoms with E-state index >= 15 is 0 Å². The maximum atomic E-state index is 6.09. The Morgan fingerprint density at radius 2 is 2.33 bits per heavy atom. The second-order valence-corrected chi connectivity index (χ2v) is 5.12. The number of ether oxygens (including phenoxy) is 1. The number of anilines is 1. The molecule has 1 saturated heterocycles. The average molecular weight is 269 g/mol. The van der Waals surface area contributed by atoms with Gasteiger partial charge in [0.15, 0.2) is 0 Å². The van der Waals surface area contributed by atoms with Gasteiger partial charge in [-0.2, -0.15) is 0 Å². The zero-order valence-corrected chi connectivity index (χ0v) is 11.8. The SMILES string of the molecule is CCNCc1cc(Cl)ccc1N1CCOC(C)C1. The van der Waals surface area contributed by atoms with E-state index in [0.717, 1.165) is 37.8 Å². The van der Waals surface area contributed by atoms with Gasteiger partial charge in [0.2, 0.25) is 0 Å². The quantitative estimate of drug-likeness (QED) is 0.909. The second kappa shape index (κ2) is 6.41. The van der Waals surface area contributed by atoms with Crippen molar-refractivity contribution in [2.45, 2.75) is 26.5 Å². The number of nitrogens with one attached hydrogen (secondary N) is 1. The van der Waals surface area contributed by atoms with E-state index in [9.17, 15) is 0 Å². The van der Waals surface area contributed by atoms with Crippen LogP contribution in [0.3, 0.4) is 0 Å². The van der Waals surface area contributed by atoms with E-state index in [0.29, 0.717) is 6.10 Å². The molecule has 1 atom stereocenters. The number of hydrogen-bond donors (Lipinski definition) is 1. The summed E-state index contributed by atoms with van der Waals surface area (Å²) in [7, 11) is 0. The summed E-state index contributed by atoms with van der Waals surface area (Å²) in [6, 6.07) is 6.14. The number of rotatable bonds is 4. The summed E-state index contributed by atoms with van der Waals surface area (Å²) in [6.45, 7) is 8.74. The maximum absolute atomic E-state index is 6.09. The first-order chi connectivity index (χ1) is 8.70. The van der Waals surface area contributed by atoms with Crippen LogP contribution in [0.2, 0.25) is 5.02 Å². The average Bonchev–Trinajstić information content (AvgIpc) is 2.36. The van der Waals surface area contributed by atoms with Crippen LogP contribution in [-0.2, 0) is 11.3 Å². The lowest BCUT2D eigenvalue weighted by atomic mass is 10.1. The fourth-order valence-electron chi connectivity index (χ4n) is 2.30. The molecule has 1 aromatic rings. The molecule has 0 amide bonds. The van der Waals surface area contributed by atoms with Crippen molar-refractivity contribution in [3.05, 3.63) is 28.8 Å². The molecule has 3 nitrogen and oxygen atoms in total. The molecule has 1 unspecified atom stereocenters. The molecule has 1 heterocycles. The number of morpholine rings is 1. The van der Waals surface area contributed by atoms with Crippen LogP contribution in [0, 0.1) is 0 Å². The van der Waals surface area contributed by atoms with Gasteiger partial charge in [0.1, 0.15) is 0 Å². The molecule has 1 aliphatic rings. The predicted molar refractivity (Wildman–Crippen MR) is 76.5 cm³/mol. The molecule has 4 heteroatoms. The van der Waals surface area contributed by atoms with Gasteiger partial charge in [0, 0.05) is 30.3 Å². The summed E-state index contributed by atoms with van der Waals surface area (Å²) in [5.41, 5.74) is 2.54. The van der Waals surface area contributed by atoms with Gasteiger partial charge in [0.25, 0.3) is 0 Å². The summed E-state index contributed by atoms with van der Waals surface area (Å²) >= 11 is 6.09. The smallest absolute Gasteiger partial charge is 0.0722 e. The number of benzene rings is 1. The predicted octanol–water partition coefficient (Wildman–Crippen LogP) is 2.67. The Labute approximate surface area is 114 Å². The molecule has 1 aliphatic heterocycles. The monoisotopic (exact) mass is 268 g/mol. The van der Waals surface area contributed by atoms with E-state index in [1.165, 1.54) is 11.3 Å². The van der Waals surface area contributed by atoms with E-state index in [2.05, 4.69) is 36.2 Å². The van der Waals surface area contributed by atoms with Gasteiger partial charge in [-0.25, -0.2) is 0 Å². The fraction of sp³-hybridized carbons (Fsp3) is 0.571. The van der Waals surface area contributed by atoms with Gasteiger partial charge in [-0.1, -0.05) is 18.5 Å². The first-order valence-electron chi connectivity index (χ1n) is 6.56. The third-order valence-electron chi connectivity index (χ3n) is 3.19. The molecule has 0 spiro atoms. The Morgan fingerprint density at radius 3 is 3.06 bits per heavy atom. The van der Waals surface area contributed by atoms with Crippen LogP contribution in [0.5, 0.6) is 0 Å². The minimum Gasteiger partial charge on any atom is -0.375 e. The third kappa shape index (κ3) is 3.37. The Morgan fingerprint density at radius 1 is 1.50 bits per heavy atom. The van der Waals surface area contributed by atoms with Crippen molar-refractivity contribution in [3.8, 4) is 0 Å². The van der Waals surface area contributed by atoms with Crippen molar-refractivity contribution in [2.24, 2.45) is 0 Å². The van der Waals surface area contributed by atoms with Crippen molar-refractivity contribution < 1.29 is 4.74 Å². The van der Waals surface area contributed by atoms with Crippen molar-refractivity contribution in [1.82, 2.24) is 5.32 Å². The Bertz CT molecular complexity index is 397. The largest absolute Gasteiger partial charge is 0.375 e. The summed E-state index contributed by atoms with van der Waals surface area (Å²) in [4.78, 5) is 2.39. The molecule has 0 saturated carbocycles. The van der Waals surface area contributed by atoms with Gasteiger partial charge in [-0.15, -0.1) is 0 Å². The van der Waals surface area contributed by atoms with Crippen LogP contribution in [0.1, 0.15) is 19.4 Å². The molecule has 1 aromatic carbocycles. The van der Waals surface area contributed by atoms with E-state index in [-0.39, 0.29) is 0 Å². The first-order valence-corrected chi connectivity index (χ1v) is 6.94. The van der Waals surface area contributed by atoms with Gasteiger partial charge in [-0.3, -0.25) is 0 Å². The molecule has 1 N–H and O–H groups in total. The van der Waals surface area contributed by atoms with Gasteiger partial charge >= 0.3 is 0 Å². The van der Waals surface area contributed by atoms with Crippen molar-refractivity contribution in [3.63, 3.8) is 0 Å². The standard InChI is InChI=1S/C14H21ClN2O/c1-3-16-9-12-8-13(15)4-5-14(12)17-6-7-18-11(2)10-17/h4-5,8,11,16H,3,6-7,9-10H2,1-2H3. The summed E-state index contributed by atoms with van der Waals surface area (Å²) in [6.07, 6.45) is 0.293. The zero-order valence-electron chi connectivity index (χ0n) is 11.1. The van der Waals surface area contributed by atoms with E-state index in [1.54, 1.807) is 0 Å². The highest BCUT2D eigenvalue weighted by Gasteiger charge is 2.19. The van der Waals surface area contributed by atoms with Crippen LogP contribution in [0.25, 0.3) is 0 Å². The van der Waals surface area contributed by atoms with Crippen LogP contribution in [0.15, 0.2) is 18.2 Å². The van der Waals surface area contributed by atoms with E-state index in [1.807, 2.05) is 6.07 Å². The minimum absolute atomic E-state index is 0.293. The normalized spacial score (nSPS) is 20.2. The third-order valence-corrected chi connectivity index (χ3v) is 3.42. The summed E-state index contributed by atoms with van der Waals surface area (Å²) < 4.78 is 5.59. The zero-order chi connectivity index (χ0) is 13.0. The number of nitrogens with zero attached hydrogens (tertiary/aromatic N) is 1. The van der Waals surface area contributed by atoms with Crippen LogP contribution >= 0.6 is 11.6 Å². The Kier molecular flexibility index (Phi) is 4.87. The highest BCUT2D eigenvalue weighted by Crippen LogP contribution is 2.26. The van der Waals surface area contributed by atoms with Crippen LogP contribution < -0.4 is 10.2 Å². The van der Waals surface area contributed by atoms with Crippen LogP contribution in [-0.4, -0.2) is 32.3 Å².